The highest BCUT2D eigenvalue weighted by atomic mass is 16.5. The largest absolute Gasteiger partial charge is 0.463 e. The van der Waals surface area contributed by atoms with Gasteiger partial charge in [0.25, 0.3) is 0 Å². The predicted molar refractivity (Wildman–Crippen MR) is 117 cm³/mol. The van der Waals surface area contributed by atoms with Gasteiger partial charge in [-0.3, -0.25) is 4.98 Å². The summed E-state index contributed by atoms with van der Waals surface area (Å²) in [7, 11) is 0. The summed E-state index contributed by atoms with van der Waals surface area (Å²) in [6.07, 6.45) is 1.83. The van der Waals surface area contributed by atoms with Crippen LogP contribution in [0.2, 0.25) is 0 Å². The van der Waals surface area contributed by atoms with E-state index >= 15 is 0 Å². The lowest BCUT2D eigenvalue weighted by Gasteiger charge is -2.27. The van der Waals surface area contributed by atoms with Crippen LogP contribution in [0.1, 0.15) is 25.3 Å². The molecule has 3 aromatic rings. The molecule has 2 heterocycles. The third-order valence-electron chi connectivity index (χ3n) is 5.27. The number of nitriles is 1. The highest BCUT2D eigenvalue weighted by Crippen LogP contribution is 2.40. The normalized spacial score (nSPS) is 16.1. The first-order valence-corrected chi connectivity index (χ1v) is 9.94. The molecule has 1 unspecified atom stereocenters. The third-order valence-corrected chi connectivity index (χ3v) is 5.27. The molecule has 31 heavy (non-hydrogen) atoms. The number of aromatic nitrogens is 1. The molecule has 6 nitrogen and oxygen atoms in total. The van der Waals surface area contributed by atoms with Crippen molar-refractivity contribution in [2.24, 2.45) is 5.73 Å². The summed E-state index contributed by atoms with van der Waals surface area (Å²) >= 11 is 0. The van der Waals surface area contributed by atoms with Gasteiger partial charge in [0.1, 0.15) is 17.4 Å². The number of para-hydroxylation sites is 1. The highest BCUT2D eigenvalue weighted by Gasteiger charge is 2.36. The zero-order valence-corrected chi connectivity index (χ0v) is 17.3. The number of hydrogen-bond acceptors (Lipinski definition) is 6. The maximum Gasteiger partial charge on any atom is 0.338 e. The van der Waals surface area contributed by atoms with Gasteiger partial charge in [0.05, 0.1) is 23.6 Å². The molecule has 1 atom stereocenters. The molecule has 2 aromatic carbocycles. The van der Waals surface area contributed by atoms with Gasteiger partial charge in [-0.05, 0) is 37.1 Å². The molecule has 2 N–H and O–H groups in total. The fraction of sp³-hybridized carbons (Fsp3) is 0.160. The Kier molecular flexibility index (Phi) is 5.42. The maximum absolute atomic E-state index is 12.6. The van der Waals surface area contributed by atoms with E-state index in [0.29, 0.717) is 5.76 Å². The number of benzene rings is 2. The number of hydrogen-bond donors (Lipinski definition) is 1. The fourth-order valence-electron chi connectivity index (χ4n) is 3.79. The Morgan fingerprint density at radius 1 is 1.19 bits per heavy atom. The van der Waals surface area contributed by atoms with Gasteiger partial charge in [0.2, 0.25) is 5.88 Å². The number of rotatable bonds is 4. The van der Waals surface area contributed by atoms with Gasteiger partial charge in [-0.25, -0.2) is 4.79 Å². The number of pyridine rings is 1. The molecule has 6 heteroatoms. The minimum atomic E-state index is -0.651. The third kappa shape index (κ3) is 3.74. The van der Waals surface area contributed by atoms with Crippen molar-refractivity contribution in [1.29, 1.82) is 5.26 Å². The van der Waals surface area contributed by atoms with E-state index in [1.54, 1.807) is 13.8 Å². The Bertz CT molecular complexity index is 1270. The average Bonchev–Trinajstić information content (AvgIpc) is 2.78. The van der Waals surface area contributed by atoms with Gasteiger partial charge in [-0.2, -0.15) is 5.26 Å². The molecule has 0 saturated carbocycles. The number of ether oxygens (including phenoxy) is 2. The zero-order chi connectivity index (χ0) is 22.0. The van der Waals surface area contributed by atoms with Gasteiger partial charge >= 0.3 is 5.97 Å². The SMILES string of the molecule is CCOC(=O)C1=C(C)OC(N)=C(C#N)C1c1ccc(-c2cnc3ccccc3c2)cc1. The van der Waals surface area contributed by atoms with Crippen molar-refractivity contribution in [1.82, 2.24) is 4.98 Å². The minimum absolute atomic E-state index is 0.000791. The van der Waals surface area contributed by atoms with Crippen LogP contribution in [-0.2, 0) is 14.3 Å². The van der Waals surface area contributed by atoms with Crippen LogP contribution < -0.4 is 5.73 Å². The number of carbonyl (C=O) groups excluding carboxylic acids is 1. The number of nitrogens with two attached hydrogens (primary N) is 1. The van der Waals surface area contributed by atoms with Crippen LogP contribution in [0.3, 0.4) is 0 Å². The number of fused-ring (bicyclic) bond motifs is 1. The topological polar surface area (TPSA) is 98.2 Å². The van der Waals surface area contributed by atoms with E-state index in [4.69, 9.17) is 15.2 Å². The molecular formula is C25H21N3O3. The van der Waals surface area contributed by atoms with E-state index in [-0.39, 0.29) is 23.6 Å². The van der Waals surface area contributed by atoms with Gasteiger partial charge in [-0.15, -0.1) is 0 Å². The first-order chi connectivity index (χ1) is 15.0. The molecule has 0 aliphatic carbocycles. The number of carbonyl (C=O) groups is 1. The maximum atomic E-state index is 12.6. The van der Waals surface area contributed by atoms with Crippen LogP contribution in [0.25, 0.3) is 22.0 Å². The quantitative estimate of drug-likeness (QED) is 0.633. The first-order valence-electron chi connectivity index (χ1n) is 9.94. The van der Waals surface area contributed by atoms with Crippen LogP contribution in [-0.4, -0.2) is 17.6 Å². The molecule has 4 rings (SSSR count). The highest BCUT2D eigenvalue weighted by molar-refractivity contribution is 5.92. The standard InChI is InChI=1S/C25H21N3O3/c1-3-30-25(29)22-15(2)31-24(27)20(13-26)23(22)17-10-8-16(9-11-17)19-12-18-6-4-5-7-21(18)28-14-19/h4-12,14,23H,3,27H2,1-2H3. The van der Waals surface area contributed by atoms with Crippen LogP contribution in [0.15, 0.2) is 83.6 Å². The molecule has 0 fully saturated rings. The first kappa shape index (κ1) is 20.2. The lowest BCUT2D eigenvalue weighted by Crippen LogP contribution is -2.25. The second-order valence-electron chi connectivity index (χ2n) is 7.15. The summed E-state index contributed by atoms with van der Waals surface area (Å²) in [4.78, 5) is 17.2. The molecular weight excluding hydrogens is 390 g/mol. The molecule has 0 amide bonds. The van der Waals surface area contributed by atoms with E-state index < -0.39 is 11.9 Å². The molecule has 154 valence electrons. The summed E-state index contributed by atoms with van der Waals surface area (Å²) in [5, 5.41) is 10.7. The number of allylic oxidation sites excluding steroid dienone is 2. The van der Waals surface area contributed by atoms with Crippen LogP contribution in [0.4, 0.5) is 0 Å². The van der Waals surface area contributed by atoms with Crippen molar-refractivity contribution in [3.8, 4) is 17.2 Å². The van der Waals surface area contributed by atoms with E-state index in [9.17, 15) is 10.1 Å². The molecule has 0 spiro atoms. The number of nitrogens with zero attached hydrogens (tertiary/aromatic N) is 2. The van der Waals surface area contributed by atoms with Crippen molar-refractivity contribution in [3.63, 3.8) is 0 Å². The summed E-state index contributed by atoms with van der Waals surface area (Å²) in [6, 6.07) is 19.8. The Morgan fingerprint density at radius 2 is 1.94 bits per heavy atom. The molecule has 0 saturated heterocycles. The van der Waals surface area contributed by atoms with Gasteiger partial charge in [0.15, 0.2) is 0 Å². The van der Waals surface area contributed by atoms with Gasteiger partial charge < -0.3 is 15.2 Å². The minimum Gasteiger partial charge on any atom is -0.463 e. The van der Waals surface area contributed by atoms with Crippen molar-refractivity contribution >= 4 is 16.9 Å². The Hall–Kier alpha value is -4.11. The molecule has 0 radical (unpaired) electrons. The average molecular weight is 411 g/mol. The second-order valence-corrected chi connectivity index (χ2v) is 7.15. The molecule has 1 aliphatic rings. The Balaban J connectivity index is 1.75. The van der Waals surface area contributed by atoms with E-state index in [0.717, 1.165) is 27.6 Å². The van der Waals surface area contributed by atoms with Gasteiger partial charge in [0, 0.05) is 17.1 Å². The van der Waals surface area contributed by atoms with Crippen LogP contribution in [0, 0.1) is 11.3 Å². The predicted octanol–water partition coefficient (Wildman–Crippen LogP) is 4.55. The molecule has 1 aliphatic heterocycles. The van der Waals surface area contributed by atoms with Crippen molar-refractivity contribution in [2.75, 3.05) is 6.61 Å². The summed E-state index contributed by atoms with van der Waals surface area (Å²) < 4.78 is 10.7. The summed E-state index contributed by atoms with van der Waals surface area (Å²) in [5.74, 6) is -0.835. The monoisotopic (exact) mass is 411 g/mol. The fourth-order valence-corrected chi connectivity index (χ4v) is 3.79. The van der Waals surface area contributed by atoms with E-state index in [1.165, 1.54) is 0 Å². The smallest absolute Gasteiger partial charge is 0.338 e. The second kappa shape index (κ2) is 8.33. The van der Waals surface area contributed by atoms with Crippen LogP contribution in [0.5, 0.6) is 0 Å². The Morgan fingerprint density at radius 3 is 2.65 bits per heavy atom. The number of esters is 1. The Labute approximate surface area is 180 Å². The van der Waals surface area contributed by atoms with Crippen molar-refractivity contribution in [2.45, 2.75) is 19.8 Å². The van der Waals surface area contributed by atoms with Crippen molar-refractivity contribution < 1.29 is 14.3 Å². The summed E-state index contributed by atoms with van der Waals surface area (Å²) in [6.45, 7) is 3.60. The van der Waals surface area contributed by atoms with Crippen LogP contribution >= 0.6 is 0 Å². The molecule has 0 bridgehead atoms. The van der Waals surface area contributed by atoms with Gasteiger partial charge in [-0.1, -0.05) is 42.5 Å². The molecule has 1 aromatic heterocycles. The lowest BCUT2D eigenvalue weighted by atomic mass is 9.82. The zero-order valence-electron chi connectivity index (χ0n) is 17.3. The van der Waals surface area contributed by atoms with E-state index in [2.05, 4.69) is 17.1 Å². The summed E-state index contributed by atoms with van der Waals surface area (Å²) in [5.41, 5.74) is 10.1. The van der Waals surface area contributed by atoms with E-state index in [1.807, 2.05) is 54.7 Å². The van der Waals surface area contributed by atoms with Crippen molar-refractivity contribution in [3.05, 3.63) is 89.1 Å². The lowest BCUT2D eigenvalue weighted by molar-refractivity contribution is -0.139.